The molecule has 3 rings (SSSR count). The van der Waals surface area contributed by atoms with Crippen LogP contribution in [0.1, 0.15) is 11.1 Å². The summed E-state index contributed by atoms with van der Waals surface area (Å²) >= 11 is 12.6. The molecule has 5 nitrogen and oxygen atoms in total. The van der Waals surface area contributed by atoms with Gasteiger partial charge in [-0.3, -0.25) is 0 Å². The molecule has 1 N–H and O–H groups in total. The van der Waals surface area contributed by atoms with E-state index in [1.807, 2.05) is 53.2 Å². The number of amides is 1. The Morgan fingerprint density at radius 1 is 1.20 bits per heavy atom. The lowest BCUT2D eigenvalue weighted by atomic mass is 10.2. The smallest absolute Gasteiger partial charge is 0.427 e. The molecule has 25 heavy (non-hydrogen) atoms. The normalized spacial score (nSPS) is 11.2. The van der Waals surface area contributed by atoms with Crippen molar-refractivity contribution in [3.63, 3.8) is 0 Å². The number of ether oxygens (including phenoxy) is 1. The number of aromatic nitrogens is 1. The van der Waals surface area contributed by atoms with Crippen molar-refractivity contribution in [1.82, 2.24) is 9.99 Å². The average Bonchev–Trinajstić information content (AvgIpc) is 2.96. The van der Waals surface area contributed by atoms with E-state index in [1.165, 1.54) is 7.11 Å². The van der Waals surface area contributed by atoms with Crippen molar-refractivity contribution in [2.24, 2.45) is 5.10 Å². The summed E-state index contributed by atoms with van der Waals surface area (Å²) < 4.78 is 6.53. The third kappa shape index (κ3) is 3.78. The monoisotopic (exact) mass is 375 g/mol. The van der Waals surface area contributed by atoms with Crippen LogP contribution in [0.15, 0.2) is 53.8 Å². The van der Waals surface area contributed by atoms with Gasteiger partial charge in [0, 0.05) is 38.3 Å². The molecule has 0 atom stereocenters. The van der Waals surface area contributed by atoms with Crippen LogP contribution in [-0.4, -0.2) is 24.0 Å². The molecular formula is C18H15Cl2N3O2. The Bertz CT molecular complexity index is 930. The number of carbonyl (C=O) groups is 1. The second kappa shape index (κ2) is 7.59. The molecule has 0 spiro atoms. The van der Waals surface area contributed by atoms with Gasteiger partial charge in [0.25, 0.3) is 0 Å². The largest absolute Gasteiger partial charge is 0.452 e. The number of benzene rings is 2. The molecule has 0 fully saturated rings. The molecular weight excluding hydrogens is 361 g/mol. The topological polar surface area (TPSA) is 55.6 Å². The van der Waals surface area contributed by atoms with Gasteiger partial charge in [0.15, 0.2) is 0 Å². The van der Waals surface area contributed by atoms with Gasteiger partial charge in [-0.2, -0.15) is 5.10 Å². The summed E-state index contributed by atoms with van der Waals surface area (Å²) in [7, 11) is 1.28. The van der Waals surface area contributed by atoms with E-state index in [-0.39, 0.29) is 0 Å². The van der Waals surface area contributed by atoms with Gasteiger partial charge in [-0.05, 0) is 18.2 Å². The molecule has 0 bridgehead atoms. The van der Waals surface area contributed by atoms with Gasteiger partial charge in [-0.1, -0.05) is 47.5 Å². The maximum atomic E-state index is 11.1. The second-order valence-electron chi connectivity index (χ2n) is 5.29. The molecule has 0 aliphatic rings. The van der Waals surface area contributed by atoms with E-state index < -0.39 is 6.09 Å². The van der Waals surface area contributed by atoms with Gasteiger partial charge in [-0.15, -0.1) is 0 Å². The number of nitrogens with one attached hydrogen (secondary N) is 1. The van der Waals surface area contributed by atoms with Crippen molar-refractivity contribution < 1.29 is 9.53 Å². The predicted molar refractivity (Wildman–Crippen MR) is 101 cm³/mol. The maximum absolute atomic E-state index is 11.1. The van der Waals surface area contributed by atoms with Crippen LogP contribution in [0.2, 0.25) is 10.0 Å². The number of nitrogens with zero attached hydrogens (tertiary/aromatic N) is 2. The fourth-order valence-electron chi connectivity index (χ4n) is 2.56. The second-order valence-corrected chi connectivity index (χ2v) is 6.11. The number of hydrogen-bond donors (Lipinski definition) is 1. The van der Waals surface area contributed by atoms with Crippen LogP contribution in [0, 0.1) is 0 Å². The van der Waals surface area contributed by atoms with Crippen LogP contribution < -0.4 is 5.43 Å². The van der Waals surface area contributed by atoms with Gasteiger partial charge in [0.05, 0.1) is 19.9 Å². The summed E-state index contributed by atoms with van der Waals surface area (Å²) in [4.78, 5) is 11.1. The minimum Gasteiger partial charge on any atom is -0.452 e. The standard InChI is InChI=1S/C18H15Cl2N3O2/c1-25-18(24)22-21-9-12-10-23(17-8-3-2-5-13(12)17)11-14-15(19)6-4-7-16(14)20/h2-10H,11H2,1H3,(H,22,24)/b21-9+. The summed E-state index contributed by atoms with van der Waals surface area (Å²) in [5.41, 5.74) is 5.00. The van der Waals surface area contributed by atoms with E-state index in [2.05, 4.69) is 15.3 Å². The lowest BCUT2D eigenvalue weighted by Gasteiger charge is -2.09. The lowest BCUT2D eigenvalue weighted by Crippen LogP contribution is -2.16. The number of carbonyl (C=O) groups excluding carboxylic acids is 1. The number of hydrogen-bond acceptors (Lipinski definition) is 3. The van der Waals surface area contributed by atoms with Gasteiger partial charge >= 0.3 is 6.09 Å². The van der Waals surface area contributed by atoms with E-state index in [1.54, 1.807) is 6.21 Å². The van der Waals surface area contributed by atoms with Crippen LogP contribution in [0.4, 0.5) is 4.79 Å². The first-order valence-corrected chi connectivity index (χ1v) is 8.23. The summed E-state index contributed by atoms with van der Waals surface area (Å²) in [6.45, 7) is 0.525. The highest BCUT2D eigenvalue weighted by Crippen LogP contribution is 2.28. The number of hydrazone groups is 1. The van der Waals surface area contributed by atoms with Crippen molar-refractivity contribution in [1.29, 1.82) is 0 Å². The number of rotatable bonds is 4. The third-order valence-electron chi connectivity index (χ3n) is 3.75. The van der Waals surface area contributed by atoms with E-state index in [0.717, 1.165) is 22.0 Å². The molecule has 0 aliphatic heterocycles. The SMILES string of the molecule is COC(=O)N/N=C/c1cn(Cc2c(Cl)cccc2Cl)c2ccccc12. The van der Waals surface area contributed by atoms with Crippen molar-refractivity contribution in [3.05, 3.63) is 69.8 Å². The third-order valence-corrected chi connectivity index (χ3v) is 4.46. The fourth-order valence-corrected chi connectivity index (χ4v) is 3.08. The van der Waals surface area contributed by atoms with Crippen molar-refractivity contribution in [3.8, 4) is 0 Å². The van der Waals surface area contributed by atoms with Gasteiger partial charge < -0.3 is 9.30 Å². The molecule has 0 saturated heterocycles. The highest BCUT2D eigenvalue weighted by atomic mass is 35.5. The summed E-state index contributed by atoms with van der Waals surface area (Å²) in [5, 5.41) is 6.14. The zero-order valence-electron chi connectivity index (χ0n) is 13.4. The van der Waals surface area contributed by atoms with Crippen molar-refractivity contribution >= 4 is 46.4 Å². The van der Waals surface area contributed by atoms with Crippen molar-refractivity contribution in [2.45, 2.75) is 6.54 Å². The summed E-state index contributed by atoms with van der Waals surface area (Å²) in [6.07, 6.45) is 2.89. The Morgan fingerprint density at radius 2 is 1.92 bits per heavy atom. The van der Waals surface area contributed by atoms with Crippen LogP contribution in [0.3, 0.4) is 0 Å². The number of fused-ring (bicyclic) bond motifs is 1. The number of methoxy groups -OCH3 is 1. The first-order valence-electron chi connectivity index (χ1n) is 7.48. The van der Waals surface area contributed by atoms with E-state index in [9.17, 15) is 4.79 Å². The Balaban J connectivity index is 1.98. The molecule has 0 unspecified atom stereocenters. The highest BCUT2D eigenvalue weighted by molar-refractivity contribution is 6.36. The van der Waals surface area contributed by atoms with E-state index >= 15 is 0 Å². The quantitative estimate of drug-likeness (QED) is 0.531. The minimum absolute atomic E-state index is 0.525. The Morgan fingerprint density at radius 3 is 2.64 bits per heavy atom. The van der Waals surface area contributed by atoms with E-state index in [0.29, 0.717) is 16.6 Å². The first kappa shape index (κ1) is 17.3. The molecule has 1 heterocycles. The zero-order valence-corrected chi connectivity index (χ0v) is 14.9. The van der Waals surface area contributed by atoms with E-state index in [4.69, 9.17) is 23.2 Å². The zero-order chi connectivity index (χ0) is 17.8. The molecule has 0 radical (unpaired) electrons. The molecule has 3 aromatic rings. The molecule has 128 valence electrons. The van der Waals surface area contributed by atoms with Crippen LogP contribution in [0.5, 0.6) is 0 Å². The Kier molecular flexibility index (Phi) is 5.26. The van der Waals surface area contributed by atoms with Crippen LogP contribution in [0.25, 0.3) is 10.9 Å². The molecule has 0 saturated carbocycles. The van der Waals surface area contributed by atoms with Crippen molar-refractivity contribution in [2.75, 3.05) is 7.11 Å². The first-order chi connectivity index (χ1) is 12.1. The Labute approximate surface area is 154 Å². The number of halogens is 2. The molecule has 2 aromatic carbocycles. The Hall–Kier alpha value is -2.50. The lowest BCUT2D eigenvalue weighted by molar-refractivity contribution is 0.171. The molecule has 7 heteroatoms. The van der Waals surface area contributed by atoms with Gasteiger partial charge in [0.1, 0.15) is 0 Å². The highest BCUT2D eigenvalue weighted by Gasteiger charge is 2.11. The molecule has 1 aromatic heterocycles. The molecule has 0 aliphatic carbocycles. The van der Waals surface area contributed by atoms with Gasteiger partial charge in [0.2, 0.25) is 0 Å². The predicted octanol–water partition coefficient (Wildman–Crippen LogP) is 4.69. The summed E-state index contributed by atoms with van der Waals surface area (Å²) in [6, 6.07) is 13.3. The number of para-hydroxylation sites is 1. The maximum Gasteiger partial charge on any atom is 0.427 e. The fraction of sp³-hybridized carbons (Fsp3) is 0.111. The van der Waals surface area contributed by atoms with Crippen LogP contribution in [-0.2, 0) is 11.3 Å². The minimum atomic E-state index is -0.622. The average molecular weight is 376 g/mol. The summed E-state index contributed by atoms with van der Waals surface area (Å²) in [5.74, 6) is 0. The van der Waals surface area contributed by atoms with Crippen LogP contribution >= 0.6 is 23.2 Å². The van der Waals surface area contributed by atoms with Gasteiger partial charge in [-0.25, -0.2) is 10.2 Å². The molecule has 1 amide bonds.